The van der Waals surface area contributed by atoms with E-state index in [0.717, 1.165) is 0 Å². The van der Waals surface area contributed by atoms with E-state index in [-0.39, 0.29) is 23.1 Å². The van der Waals surface area contributed by atoms with Gasteiger partial charge in [-0.1, -0.05) is 6.07 Å². The number of furan rings is 1. The Morgan fingerprint density at radius 2 is 1.76 bits per heavy atom. The molecule has 190 valence electrons. The van der Waals surface area contributed by atoms with Gasteiger partial charge in [-0.05, 0) is 72.4 Å². The molecule has 10 nitrogen and oxygen atoms in total. The Morgan fingerprint density at radius 1 is 1.00 bits per heavy atom. The highest BCUT2D eigenvalue weighted by Crippen LogP contribution is 2.31. The number of rotatable bonds is 8. The van der Waals surface area contributed by atoms with Gasteiger partial charge >= 0.3 is 5.97 Å². The summed E-state index contributed by atoms with van der Waals surface area (Å²) in [6.07, 6.45) is 1.44. The van der Waals surface area contributed by atoms with Crippen molar-refractivity contribution < 1.29 is 37.7 Å². The van der Waals surface area contributed by atoms with Crippen LogP contribution >= 0.6 is 12.2 Å². The molecule has 1 fully saturated rings. The van der Waals surface area contributed by atoms with Gasteiger partial charge in [0.25, 0.3) is 11.8 Å². The molecule has 11 heteroatoms. The molecule has 3 aromatic rings. The van der Waals surface area contributed by atoms with Crippen molar-refractivity contribution in [3.63, 3.8) is 0 Å². The molecular weight excluding hydrogens is 500 g/mol. The number of amides is 2. The summed E-state index contributed by atoms with van der Waals surface area (Å²) in [7, 11) is 4.26. The molecule has 1 aliphatic rings. The average molecular weight is 523 g/mol. The Hall–Kier alpha value is -4.64. The Bertz CT molecular complexity index is 1390. The van der Waals surface area contributed by atoms with E-state index in [0.29, 0.717) is 34.3 Å². The van der Waals surface area contributed by atoms with Gasteiger partial charge in [0, 0.05) is 0 Å². The lowest BCUT2D eigenvalue weighted by atomic mass is 10.1. The summed E-state index contributed by atoms with van der Waals surface area (Å²) in [5.74, 6) is 0.0663. The quantitative estimate of drug-likeness (QED) is 0.205. The average Bonchev–Trinajstić information content (AvgIpc) is 3.39. The van der Waals surface area contributed by atoms with Gasteiger partial charge in [0.2, 0.25) is 5.76 Å². The third kappa shape index (κ3) is 5.46. The lowest BCUT2D eigenvalue weighted by Crippen LogP contribution is -2.54. The minimum absolute atomic E-state index is 0.0214. The fourth-order valence-electron chi connectivity index (χ4n) is 3.50. The molecule has 0 unspecified atom stereocenters. The van der Waals surface area contributed by atoms with Crippen molar-refractivity contribution >= 4 is 46.9 Å². The van der Waals surface area contributed by atoms with Crippen molar-refractivity contribution in [2.24, 2.45) is 0 Å². The summed E-state index contributed by atoms with van der Waals surface area (Å²) in [5, 5.41) is 2.53. The number of methoxy groups -OCH3 is 3. The minimum Gasteiger partial charge on any atom is -0.497 e. The van der Waals surface area contributed by atoms with E-state index in [1.807, 2.05) is 0 Å². The summed E-state index contributed by atoms with van der Waals surface area (Å²) in [6, 6.07) is 14.7. The van der Waals surface area contributed by atoms with Gasteiger partial charge in [-0.2, -0.15) is 0 Å². The van der Waals surface area contributed by atoms with Crippen molar-refractivity contribution in [3.8, 4) is 17.2 Å². The van der Waals surface area contributed by atoms with Crippen LogP contribution < -0.4 is 24.4 Å². The number of benzene rings is 2. The molecule has 1 saturated heterocycles. The molecular formula is C26H22N2O8S. The number of hydrogen-bond donors (Lipinski definition) is 1. The number of ether oxygens (including phenoxy) is 4. The van der Waals surface area contributed by atoms with Crippen molar-refractivity contribution in [3.05, 3.63) is 77.3 Å². The molecule has 2 amide bonds. The third-order valence-corrected chi connectivity index (χ3v) is 5.63. The lowest BCUT2D eigenvalue weighted by molar-refractivity contribution is -0.122. The van der Waals surface area contributed by atoms with Crippen LogP contribution in [0.2, 0.25) is 0 Å². The fourth-order valence-corrected chi connectivity index (χ4v) is 3.78. The van der Waals surface area contributed by atoms with Crippen LogP contribution in [0.25, 0.3) is 6.08 Å². The first-order chi connectivity index (χ1) is 17.8. The van der Waals surface area contributed by atoms with Crippen LogP contribution in [0.4, 0.5) is 5.69 Å². The van der Waals surface area contributed by atoms with Crippen molar-refractivity contribution in [1.82, 2.24) is 5.32 Å². The van der Waals surface area contributed by atoms with Gasteiger partial charge < -0.3 is 23.4 Å². The molecule has 2 heterocycles. The SMILES string of the molecule is COC(=O)c1ccc(COc2ccc(C=C3C(=O)NC(=S)N(c4ccc(OC)cc4)C3=O)cc2OC)o1. The summed E-state index contributed by atoms with van der Waals surface area (Å²) in [5.41, 5.74) is 0.901. The van der Waals surface area contributed by atoms with Crippen LogP contribution in [0, 0.1) is 0 Å². The van der Waals surface area contributed by atoms with Crippen molar-refractivity contribution in [1.29, 1.82) is 0 Å². The number of thiocarbonyl (C=S) groups is 1. The molecule has 1 aliphatic heterocycles. The van der Waals surface area contributed by atoms with Crippen LogP contribution in [0.5, 0.6) is 17.2 Å². The second-order valence-corrected chi connectivity index (χ2v) is 8.00. The van der Waals surface area contributed by atoms with E-state index in [2.05, 4.69) is 10.1 Å². The van der Waals surface area contributed by atoms with E-state index in [4.69, 9.17) is 30.8 Å². The Kier molecular flexibility index (Phi) is 7.54. The number of carbonyl (C=O) groups is 3. The summed E-state index contributed by atoms with van der Waals surface area (Å²) in [4.78, 5) is 38.6. The molecule has 2 aromatic carbocycles. The van der Waals surface area contributed by atoms with Gasteiger partial charge in [0.05, 0.1) is 27.0 Å². The van der Waals surface area contributed by atoms with Crippen LogP contribution in [-0.2, 0) is 20.9 Å². The van der Waals surface area contributed by atoms with E-state index in [1.165, 1.54) is 38.4 Å². The zero-order valence-electron chi connectivity index (χ0n) is 20.1. The molecule has 0 bridgehead atoms. The Morgan fingerprint density at radius 3 is 2.43 bits per heavy atom. The molecule has 0 saturated carbocycles. The van der Waals surface area contributed by atoms with Crippen molar-refractivity contribution in [2.75, 3.05) is 26.2 Å². The molecule has 1 aromatic heterocycles. The highest BCUT2D eigenvalue weighted by atomic mass is 32.1. The normalized spacial score (nSPS) is 14.4. The van der Waals surface area contributed by atoms with Gasteiger partial charge in [0.15, 0.2) is 16.6 Å². The van der Waals surface area contributed by atoms with Gasteiger partial charge in [-0.25, -0.2) is 4.79 Å². The molecule has 0 radical (unpaired) electrons. The first-order valence-electron chi connectivity index (χ1n) is 10.9. The van der Waals surface area contributed by atoms with Gasteiger partial charge in [-0.3, -0.25) is 19.8 Å². The second kappa shape index (κ2) is 11.0. The minimum atomic E-state index is -0.613. The largest absolute Gasteiger partial charge is 0.497 e. The predicted molar refractivity (Wildman–Crippen MR) is 137 cm³/mol. The van der Waals surface area contributed by atoms with Gasteiger partial charge in [0.1, 0.15) is 23.7 Å². The number of esters is 1. The number of nitrogens with zero attached hydrogens (tertiary/aromatic N) is 1. The molecule has 0 spiro atoms. The Labute approximate surface area is 217 Å². The molecule has 1 N–H and O–H groups in total. The number of nitrogens with one attached hydrogen (secondary N) is 1. The monoisotopic (exact) mass is 522 g/mol. The maximum absolute atomic E-state index is 13.2. The van der Waals surface area contributed by atoms with Crippen LogP contribution in [0.15, 0.2) is 64.6 Å². The molecule has 4 rings (SSSR count). The van der Waals surface area contributed by atoms with E-state index < -0.39 is 17.8 Å². The zero-order chi connectivity index (χ0) is 26.5. The summed E-state index contributed by atoms with van der Waals surface area (Å²) in [6.45, 7) is 0.0307. The standard InChI is InChI=1S/C26H22N2O8S/c1-32-17-7-5-16(6-8-17)28-24(30)19(23(29)27-26(28)37)12-15-4-10-20(22(13-15)33-2)35-14-18-9-11-21(36-18)25(31)34-3/h4-13H,14H2,1-3H3,(H,27,29,37). The first kappa shape index (κ1) is 25.5. The van der Waals surface area contributed by atoms with Gasteiger partial charge in [-0.15, -0.1) is 0 Å². The highest BCUT2D eigenvalue weighted by molar-refractivity contribution is 7.80. The van der Waals surface area contributed by atoms with Crippen LogP contribution in [0.1, 0.15) is 21.9 Å². The van der Waals surface area contributed by atoms with Crippen molar-refractivity contribution in [2.45, 2.75) is 6.61 Å². The molecule has 37 heavy (non-hydrogen) atoms. The highest BCUT2D eigenvalue weighted by Gasteiger charge is 2.34. The first-order valence-corrected chi connectivity index (χ1v) is 11.3. The van der Waals surface area contributed by atoms with Crippen LogP contribution in [-0.4, -0.2) is 44.2 Å². The maximum Gasteiger partial charge on any atom is 0.373 e. The smallest absolute Gasteiger partial charge is 0.373 e. The topological polar surface area (TPSA) is 117 Å². The maximum atomic E-state index is 13.2. The third-order valence-electron chi connectivity index (χ3n) is 5.35. The number of carbonyl (C=O) groups excluding carboxylic acids is 3. The second-order valence-electron chi connectivity index (χ2n) is 7.61. The molecule has 0 atom stereocenters. The van der Waals surface area contributed by atoms with E-state index in [1.54, 1.807) is 48.5 Å². The summed E-state index contributed by atoms with van der Waals surface area (Å²) >= 11 is 5.24. The lowest BCUT2D eigenvalue weighted by Gasteiger charge is -2.29. The van der Waals surface area contributed by atoms with E-state index >= 15 is 0 Å². The van der Waals surface area contributed by atoms with Crippen LogP contribution in [0.3, 0.4) is 0 Å². The summed E-state index contributed by atoms with van der Waals surface area (Å²) < 4.78 is 26.3. The Balaban J connectivity index is 1.55. The molecule has 0 aliphatic carbocycles. The fraction of sp³-hybridized carbons (Fsp3) is 0.154. The van der Waals surface area contributed by atoms with E-state index in [9.17, 15) is 14.4 Å². The number of anilines is 1. The predicted octanol–water partition coefficient (Wildman–Crippen LogP) is 3.49. The number of hydrogen-bond acceptors (Lipinski definition) is 9. The zero-order valence-corrected chi connectivity index (χ0v) is 20.9.